The van der Waals surface area contributed by atoms with Crippen molar-refractivity contribution in [1.29, 1.82) is 0 Å². The van der Waals surface area contributed by atoms with Gasteiger partial charge < -0.3 is 4.74 Å². The summed E-state index contributed by atoms with van der Waals surface area (Å²) in [6.45, 7) is 0. The lowest BCUT2D eigenvalue weighted by atomic mass is 10.3. The average Bonchev–Trinajstić information content (AvgIpc) is 2.47. The maximum atomic E-state index is 12.4. The minimum atomic E-state index is -4.09. The summed E-state index contributed by atoms with van der Waals surface area (Å²) in [5.41, 5.74) is -0.398. The Hall–Kier alpha value is -2.03. The first-order valence-corrected chi connectivity index (χ1v) is 8.29. The molecule has 0 amide bonds. The van der Waals surface area contributed by atoms with E-state index in [1.165, 1.54) is 25.3 Å². The minimum absolute atomic E-state index is 0.109. The van der Waals surface area contributed by atoms with Crippen LogP contribution in [0, 0.1) is 10.1 Å². The molecule has 0 fully saturated rings. The van der Waals surface area contributed by atoms with Crippen molar-refractivity contribution in [1.82, 2.24) is 0 Å². The smallest absolute Gasteiger partial charge is 0.289 e. The van der Waals surface area contributed by atoms with Crippen LogP contribution in [0.2, 0.25) is 10.0 Å². The van der Waals surface area contributed by atoms with Gasteiger partial charge in [-0.25, -0.2) is 8.42 Å². The molecule has 0 bridgehead atoms. The highest BCUT2D eigenvalue weighted by Crippen LogP contribution is 2.32. The summed E-state index contributed by atoms with van der Waals surface area (Å²) < 4.78 is 32.1. The van der Waals surface area contributed by atoms with Crippen molar-refractivity contribution in [2.45, 2.75) is 4.90 Å². The monoisotopic (exact) mass is 376 g/mol. The van der Waals surface area contributed by atoms with Crippen LogP contribution in [-0.4, -0.2) is 20.5 Å². The van der Waals surface area contributed by atoms with E-state index in [2.05, 4.69) is 4.72 Å². The van der Waals surface area contributed by atoms with Crippen LogP contribution in [0.1, 0.15) is 0 Å². The molecule has 23 heavy (non-hydrogen) atoms. The Balaban J connectivity index is 2.46. The summed E-state index contributed by atoms with van der Waals surface area (Å²) in [4.78, 5) is 9.80. The number of nitro groups is 1. The second-order valence-electron chi connectivity index (χ2n) is 4.32. The molecule has 0 spiro atoms. The van der Waals surface area contributed by atoms with Gasteiger partial charge >= 0.3 is 0 Å². The fourth-order valence-electron chi connectivity index (χ4n) is 1.76. The molecular formula is C13H10Cl2N2O5S. The highest BCUT2D eigenvalue weighted by molar-refractivity contribution is 7.92. The third-order valence-electron chi connectivity index (χ3n) is 2.83. The number of methoxy groups -OCH3 is 1. The predicted octanol–water partition coefficient (Wildman–Crippen LogP) is 3.71. The van der Waals surface area contributed by atoms with Gasteiger partial charge in [0.05, 0.1) is 22.6 Å². The van der Waals surface area contributed by atoms with Gasteiger partial charge in [0.15, 0.2) is 0 Å². The van der Waals surface area contributed by atoms with Crippen molar-refractivity contribution >= 4 is 44.6 Å². The number of anilines is 1. The van der Waals surface area contributed by atoms with E-state index in [1.807, 2.05) is 0 Å². The molecular weight excluding hydrogens is 367 g/mol. The number of hydrogen-bond donors (Lipinski definition) is 1. The van der Waals surface area contributed by atoms with E-state index in [4.69, 9.17) is 27.9 Å². The number of halogens is 2. The fourth-order valence-corrected chi connectivity index (χ4v) is 3.20. The first-order chi connectivity index (χ1) is 10.7. The number of nitro benzene ring substituents is 1. The largest absolute Gasteiger partial charge is 0.495 e. The molecule has 0 radical (unpaired) electrons. The first kappa shape index (κ1) is 17.3. The second kappa shape index (κ2) is 6.61. The van der Waals surface area contributed by atoms with Crippen molar-refractivity contribution in [3.05, 3.63) is 56.6 Å². The summed E-state index contributed by atoms with van der Waals surface area (Å²) >= 11 is 11.5. The molecule has 2 aromatic rings. The molecule has 0 saturated carbocycles. The topological polar surface area (TPSA) is 98.5 Å². The lowest BCUT2D eigenvalue weighted by Gasteiger charge is -2.12. The molecule has 0 saturated heterocycles. The number of nitrogens with one attached hydrogen (secondary N) is 1. The summed E-state index contributed by atoms with van der Waals surface area (Å²) in [6.07, 6.45) is 0. The van der Waals surface area contributed by atoms with Crippen molar-refractivity contribution in [2.75, 3.05) is 11.8 Å². The molecule has 0 aromatic heterocycles. The Labute approximate surface area is 142 Å². The van der Waals surface area contributed by atoms with E-state index in [0.717, 1.165) is 18.2 Å². The second-order valence-corrected chi connectivity index (χ2v) is 6.85. The van der Waals surface area contributed by atoms with Gasteiger partial charge in [0.2, 0.25) is 0 Å². The highest BCUT2D eigenvalue weighted by Gasteiger charge is 2.22. The Morgan fingerprint density at radius 2 is 1.87 bits per heavy atom. The molecule has 7 nitrogen and oxygen atoms in total. The Bertz CT molecular complexity index is 871. The highest BCUT2D eigenvalue weighted by atomic mass is 35.5. The quantitative estimate of drug-likeness (QED) is 0.633. The Morgan fingerprint density at radius 1 is 1.17 bits per heavy atom. The SMILES string of the molecule is COc1ccc(Cl)cc1NS(=O)(=O)c1ccc(Cl)c([N+](=O)[O-])c1. The first-order valence-electron chi connectivity index (χ1n) is 6.05. The van der Waals surface area contributed by atoms with Gasteiger partial charge in [0.25, 0.3) is 15.7 Å². The van der Waals surface area contributed by atoms with E-state index in [-0.39, 0.29) is 21.4 Å². The molecule has 0 aliphatic heterocycles. The van der Waals surface area contributed by atoms with Crippen LogP contribution in [0.3, 0.4) is 0 Å². The fraction of sp³-hybridized carbons (Fsp3) is 0.0769. The van der Waals surface area contributed by atoms with Crippen molar-refractivity contribution in [3.63, 3.8) is 0 Å². The zero-order valence-electron chi connectivity index (χ0n) is 11.6. The normalized spacial score (nSPS) is 11.1. The van der Waals surface area contributed by atoms with Crippen molar-refractivity contribution < 1.29 is 18.1 Å². The number of hydrogen-bond acceptors (Lipinski definition) is 5. The lowest BCUT2D eigenvalue weighted by Crippen LogP contribution is -2.14. The van der Waals surface area contributed by atoms with E-state index >= 15 is 0 Å². The van der Waals surface area contributed by atoms with Gasteiger partial charge in [0.1, 0.15) is 10.8 Å². The zero-order valence-corrected chi connectivity index (χ0v) is 13.9. The van der Waals surface area contributed by atoms with Gasteiger partial charge in [0, 0.05) is 11.1 Å². The van der Waals surface area contributed by atoms with Crippen LogP contribution in [0.4, 0.5) is 11.4 Å². The van der Waals surface area contributed by atoms with E-state index < -0.39 is 20.6 Å². The van der Waals surface area contributed by atoms with Gasteiger partial charge in [-0.05, 0) is 30.3 Å². The molecule has 2 aromatic carbocycles. The molecule has 0 atom stereocenters. The van der Waals surface area contributed by atoms with Crippen LogP contribution in [-0.2, 0) is 10.0 Å². The molecule has 0 heterocycles. The third kappa shape index (κ3) is 3.84. The summed E-state index contributed by atoms with van der Waals surface area (Å²) in [7, 11) is -2.72. The van der Waals surface area contributed by atoms with Gasteiger partial charge in [-0.3, -0.25) is 14.8 Å². The molecule has 2 rings (SSSR count). The summed E-state index contributed by atoms with van der Waals surface area (Å²) in [5.74, 6) is 0.251. The summed E-state index contributed by atoms with van der Waals surface area (Å²) in [5, 5.41) is 11.0. The Kier molecular flexibility index (Phi) is 4.98. The number of ether oxygens (including phenoxy) is 1. The van der Waals surface area contributed by atoms with E-state index in [0.29, 0.717) is 5.02 Å². The van der Waals surface area contributed by atoms with E-state index in [9.17, 15) is 18.5 Å². The van der Waals surface area contributed by atoms with Crippen LogP contribution >= 0.6 is 23.2 Å². The van der Waals surface area contributed by atoms with Crippen molar-refractivity contribution in [2.24, 2.45) is 0 Å². The maximum absolute atomic E-state index is 12.4. The van der Waals surface area contributed by atoms with Gasteiger partial charge in [-0.2, -0.15) is 0 Å². The molecule has 10 heteroatoms. The molecule has 0 aliphatic carbocycles. The Morgan fingerprint density at radius 3 is 2.48 bits per heavy atom. The lowest BCUT2D eigenvalue weighted by molar-refractivity contribution is -0.384. The van der Waals surface area contributed by atoms with Gasteiger partial charge in [-0.1, -0.05) is 23.2 Å². The molecule has 0 aliphatic rings. The number of sulfonamides is 1. The van der Waals surface area contributed by atoms with Crippen LogP contribution in [0.15, 0.2) is 41.3 Å². The summed E-state index contributed by atoms with van der Waals surface area (Å²) in [6, 6.07) is 7.57. The average molecular weight is 377 g/mol. The van der Waals surface area contributed by atoms with Crippen molar-refractivity contribution in [3.8, 4) is 5.75 Å². The standard InChI is InChI=1S/C13H10Cl2N2O5S/c1-22-13-5-2-8(14)6-11(13)16-23(20,21)9-3-4-10(15)12(7-9)17(18)19/h2-7,16H,1H3. The van der Waals surface area contributed by atoms with E-state index in [1.54, 1.807) is 0 Å². The zero-order chi connectivity index (χ0) is 17.2. The third-order valence-corrected chi connectivity index (χ3v) is 4.75. The number of benzene rings is 2. The van der Waals surface area contributed by atoms with Crippen LogP contribution in [0.5, 0.6) is 5.75 Å². The number of nitrogens with zero attached hydrogens (tertiary/aromatic N) is 1. The van der Waals surface area contributed by atoms with Gasteiger partial charge in [-0.15, -0.1) is 0 Å². The number of rotatable bonds is 5. The molecule has 0 unspecified atom stereocenters. The van der Waals surface area contributed by atoms with Crippen LogP contribution in [0.25, 0.3) is 0 Å². The minimum Gasteiger partial charge on any atom is -0.495 e. The predicted molar refractivity (Wildman–Crippen MR) is 86.9 cm³/mol. The molecule has 1 N–H and O–H groups in total. The van der Waals surface area contributed by atoms with Crippen LogP contribution < -0.4 is 9.46 Å². The molecule has 122 valence electrons. The maximum Gasteiger partial charge on any atom is 0.289 e.